The SMILES string of the molecule is C=Cc1cn(C)c([N+](=O)[O-])n1. The monoisotopic (exact) mass is 153 g/mol. The zero-order valence-electron chi connectivity index (χ0n) is 6.02. The minimum Gasteiger partial charge on any atom is -0.390 e. The van der Waals surface area contributed by atoms with E-state index in [1.54, 1.807) is 13.2 Å². The molecule has 11 heavy (non-hydrogen) atoms. The smallest absolute Gasteiger partial charge is 0.390 e. The Balaban J connectivity index is 3.16. The summed E-state index contributed by atoms with van der Waals surface area (Å²) in [5.41, 5.74) is 0.513. The van der Waals surface area contributed by atoms with Gasteiger partial charge in [-0.1, -0.05) is 11.6 Å². The topological polar surface area (TPSA) is 61.0 Å². The van der Waals surface area contributed by atoms with Gasteiger partial charge in [-0.25, -0.2) is 4.57 Å². The molecule has 5 heteroatoms. The second-order valence-corrected chi connectivity index (χ2v) is 2.04. The highest BCUT2D eigenvalue weighted by Crippen LogP contribution is 2.09. The van der Waals surface area contributed by atoms with Crippen molar-refractivity contribution in [1.29, 1.82) is 0 Å². The number of nitro groups is 1. The van der Waals surface area contributed by atoms with Gasteiger partial charge in [0.15, 0.2) is 5.69 Å². The molecule has 0 amide bonds. The van der Waals surface area contributed by atoms with Crippen molar-refractivity contribution in [2.24, 2.45) is 7.05 Å². The molecule has 0 aliphatic carbocycles. The fraction of sp³-hybridized carbons (Fsp3) is 0.167. The number of rotatable bonds is 2. The minimum absolute atomic E-state index is 0.167. The van der Waals surface area contributed by atoms with Gasteiger partial charge in [0.05, 0.1) is 7.05 Å². The third-order valence-corrected chi connectivity index (χ3v) is 1.24. The summed E-state index contributed by atoms with van der Waals surface area (Å²) in [6.07, 6.45) is 3.01. The zero-order chi connectivity index (χ0) is 8.43. The average Bonchev–Trinajstić information content (AvgIpc) is 2.30. The van der Waals surface area contributed by atoms with Crippen LogP contribution in [0.1, 0.15) is 5.69 Å². The summed E-state index contributed by atoms with van der Waals surface area (Å²) >= 11 is 0. The van der Waals surface area contributed by atoms with Crippen LogP contribution in [0.2, 0.25) is 0 Å². The Morgan fingerprint density at radius 3 is 2.82 bits per heavy atom. The van der Waals surface area contributed by atoms with Crippen LogP contribution in [0.15, 0.2) is 12.8 Å². The number of aromatic nitrogens is 2. The zero-order valence-corrected chi connectivity index (χ0v) is 6.02. The molecule has 0 fully saturated rings. The van der Waals surface area contributed by atoms with E-state index in [-0.39, 0.29) is 5.95 Å². The van der Waals surface area contributed by atoms with E-state index in [2.05, 4.69) is 11.6 Å². The van der Waals surface area contributed by atoms with Gasteiger partial charge in [0, 0.05) is 0 Å². The maximum Gasteiger partial charge on any atom is 0.434 e. The van der Waals surface area contributed by atoms with Gasteiger partial charge in [-0.3, -0.25) is 0 Å². The summed E-state index contributed by atoms with van der Waals surface area (Å²) in [5, 5.41) is 10.2. The van der Waals surface area contributed by atoms with Crippen molar-refractivity contribution in [3.8, 4) is 0 Å². The van der Waals surface area contributed by atoms with Gasteiger partial charge in [0.2, 0.25) is 0 Å². The van der Waals surface area contributed by atoms with Crippen LogP contribution in [0.25, 0.3) is 6.08 Å². The lowest BCUT2D eigenvalue weighted by atomic mass is 10.5. The Morgan fingerprint density at radius 1 is 1.91 bits per heavy atom. The molecule has 1 aromatic heterocycles. The third-order valence-electron chi connectivity index (χ3n) is 1.24. The molecule has 1 aromatic rings. The van der Waals surface area contributed by atoms with Gasteiger partial charge in [-0.2, -0.15) is 0 Å². The van der Waals surface area contributed by atoms with Crippen molar-refractivity contribution in [3.63, 3.8) is 0 Å². The number of imidazole rings is 1. The first kappa shape index (κ1) is 7.46. The van der Waals surface area contributed by atoms with Crippen LogP contribution in [0, 0.1) is 10.1 Å². The molecule has 58 valence electrons. The molecule has 0 aliphatic rings. The molecule has 0 aliphatic heterocycles. The van der Waals surface area contributed by atoms with Crippen LogP contribution in [0.5, 0.6) is 0 Å². The van der Waals surface area contributed by atoms with E-state index in [4.69, 9.17) is 0 Å². The van der Waals surface area contributed by atoms with E-state index < -0.39 is 4.92 Å². The largest absolute Gasteiger partial charge is 0.434 e. The van der Waals surface area contributed by atoms with Gasteiger partial charge in [0.1, 0.15) is 6.20 Å². The van der Waals surface area contributed by atoms with Gasteiger partial charge in [0.25, 0.3) is 0 Å². The first-order valence-electron chi connectivity index (χ1n) is 2.95. The molecule has 0 unspecified atom stereocenters. The lowest BCUT2D eigenvalue weighted by molar-refractivity contribution is -0.396. The second kappa shape index (κ2) is 2.53. The molecule has 1 heterocycles. The Morgan fingerprint density at radius 2 is 2.55 bits per heavy atom. The molecular weight excluding hydrogens is 146 g/mol. The summed E-state index contributed by atoms with van der Waals surface area (Å²) in [6, 6.07) is 0. The van der Waals surface area contributed by atoms with Crippen LogP contribution < -0.4 is 0 Å². The predicted octanol–water partition coefficient (Wildman–Crippen LogP) is 0.971. The van der Waals surface area contributed by atoms with Crippen molar-refractivity contribution >= 4 is 12.0 Å². The highest BCUT2D eigenvalue weighted by molar-refractivity contribution is 5.42. The van der Waals surface area contributed by atoms with Gasteiger partial charge in [-0.05, 0) is 11.0 Å². The molecule has 5 nitrogen and oxygen atoms in total. The molecule has 0 bridgehead atoms. The lowest BCUT2D eigenvalue weighted by Gasteiger charge is -1.90. The number of hydrogen-bond acceptors (Lipinski definition) is 3. The van der Waals surface area contributed by atoms with Crippen LogP contribution in [0.3, 0.4) is 0 Å². The van der Waals surface area contributed by atoms with Crippen LogP contribution in [-0.2, 0) is 7.05 Å². The quantitative estimate of drug-likeness (QED) is 0.469. The highest BCUT2D eigenvalue weighted by atomic mass is 16.6. The third kappa shape index (κ3) is 1.26. The first-order valence-corrected chi connectivity index (χ1v) is 2.95. The first-order chi connectivity index (χ1) is 5.15. The maximum absolute atomic E-state index is 10.2. The Labute approximate surface area is 63.1 Å². The summed E-state index contributed by atoms with van der Waals surface area (Å²) in [5.74, 6) is -0.167. The molecule has 0 saturated carbocycles. The molecule has 0 saturated heterocycles. The molecule has 0 N–H and O–H groups in total. The van der Waals surface area contributed by atoms with Crippen molar-refractivity contribution < 1.29 is 4.92 Å². The van der Waals surface area contributed by atoms with E-state index in [1.165, 1.54) is 10.6 Å². The molecule has 0 atom stereocenters. The molecule has 0 spiro atoms. The Bertz CT molecular complexity index is 303. The Kier molecular flexibility index (Phi) is 1.72. The predicted molar refractivity (Wildman–Crippen MR) is 40.0 cm³/mol. The summed E-state index contributed by atoms with van der Waals surface area (Å²) in [6.45, 7) is 3.45. The number of hydrogen-bond donors (Lipinski definition) is 0. The van der Waals surface area contributed by atoms with Gasteiger partial charge < -0.3 is 10.1 Å². The fourth-order valence-corrected chi connectivity index (χ4v) is 0.747. The van der Waals surface area contributed by atoms with Crippen molar-refractivity contribution in [3.05, 3.63) is 28.6 Å². The second-order valence-electron chi connectivity index (χ2n) is 2.04. The number of nitrogens with zero attached hydrogens (tertiary/aromatic N) is 3. The standard InChI is InChI=1S/C6H7N3O2/c1-3-5-4-8(2)6(7-5)9(10)11/h3-4H,1H2,2H3. The highest BCUT2D eigenvalue weighted by Gasteiger charge is 2.13. The van der Waals surface area contributed by atoms with Crippen molar-refractivity contribution in [2.75, 3.05) is 0 Å². The fourth-order valence-electron chi connectivity index (χ4n) is 0.747. The normalized spacial score (nSPS) is 9.55. The van der Waals surface area contributed by atoms with E-state index in [1.807, 2.05) is 0 Å². The van der Waals surface area contributed by atoms with Crippen LogP contribution >= 0.6 is 0 Å². The van der Waals surface area contributed by atoms with Crippen molar-refractivity contribution in [1.82, 2.24) is 9.55 Å². The molecule has 0 aromatic carbocycles. The summed E-state index contributed by atoms with van der Waals surface area (Å²) in [4.78, 5) is 13.4. The summed E-state index contributed by atoms with van der Waals surface area (Å²) in [7, 11) is 1.57. The van der Waals surface area contributed by atoms with Crippen molar-refractivity contribution in [2.45, 2.75) is 0 Å². The summed E-state index contributed by atoms with van der Waals surface area (Å²) < 4.78 is 1.34. The van der Waals surface area contributed by atoms with E-state index in [9.17, 15) is 10.1 Å². The van der Waals surface area contributed by atoms with Crippen LogP contribution in [0.4, 0.5) is 5.95 Å². The maximum atomic E-state index is 10.2. The minimum atomic E-state index is -0.535. The molecular formula is C6H7N3O2. The average molecular weight is 153 g/mol. The lowest BCUT2D eigenvalue weighted by Crippen LogP contribution is -1.96. The number of aryl methyl sites for hydroxylation is 1. The molecule has 1 rings (SSSR count). The molecule has 0 radical (unpaired) electrons. The Hall–Kier alpha value is -1.65. The van der Waals surface area contributed by atoms with Gasteiger partial charge >= 0.3 is 5.95 Å². The van der Waals surface area contributed by atoms with Gasteiger partial charge in [-0.15, -0.1) is 0 Å². The van der Waals surface area contributed by atoms with Crippen LogP contribution in [-0.4, -0.2) is 14.5 Å². The van der Waals surface area contributed by atoms with E-state index in [0.29, 0.717) is 5.69 Å². The van der Waals surface area contributed by atoms with E-state index in [0.717, 1.165) is 0 Å². The van der Waals surface area contributed by atoms with E-state index >= 15 is 0 Å².